The minimum absolute atomic E-state index is 0.146. The number of urea groups is 1. The van der Waals surface area contributed by atoms with Gasteiger partial charge in [-0.1, -0.05) is 12.1 Å². The topological polar surface area (TPSA) is 63.5 Å². The zero-order chi connectivity index (χ0) is 14.9. The van der Waals surface area contributed by atoms with Crippen LogP contribution in [0.4, 0.5) is 4.79 Å². The molecule has 1 heterocycles. The van der Waals surface area contributed by atoms with Gasteiger partial charge in [-0.2, -0.15) is 0 Å². The molecule has 0 bridgehead atoms. The second kappa shape index (κ2) is 7.99. The van der Waals surface area contributed by atoms with Crippen LogP contribution in [-0.2, 0) is 12.8 Å². The van der Waals surface area contributed by atoms with Gasteiger partial charge in [0.25, 0.3) is 0 Å². The van der Waals surface area contributed by atoms with Crippen molar-refractivity contribution in [2.24, 2.45) is 0 Å². The van der Waals surface area contributed by atoms with Gasteiger partial charge in [0.05, 0.1) is 19.6 Å². The van der Waals surface area contributed by atoms with Gasteiger partial charge in [0.2, 0.25) is 0 Å². The smallest absolute Gasteiger partial charge is 0.314 e. The van der Waals surface area contributed by atoms with Crippen molar-refractivity contribution in [2.45, 2.75) is 12.8 Å². The molecule has 0 aliphatic rings. The van der Waals surface area contributed by atoms with Gasteiger partial charge in [0.15, 0.2) is 0 Å². The first-order chi connectivity index (χ1) is 10.3. The maximum atomic E-state index is 11.6. The fraction of sp³-hybridized carbons (Fsp3) is 0.312. The Morgan fingerprint density at radius 2 is 1.71 bits per heavy atom. The quantitative estimate of drug-likeness (QED) is 0.822. The van der Waals surface area contributed by atoms with E-state index in [2.05, 4.69) is 10.6 Å². The van der Waals surface area contributed by atoms with Crippen LogP contribution < -0.4 is 15.4 Å². The second-order valence-electron chi connectivity index (χ2n) is 4.66. The molecule has 5 nitrogen and oxygen atoms in total. The zero-order valence-electron chi connectivity index (χ0n) is 12.1. The van der Waals surface area contributed by atoms with Crippen molar-refractivity contribution in [3.63, 3.8) is 0 Å². The highest BCUT2D eigenvalue weighted by Gasteiger charge is 2.01. The number of amides is 2. The highest BCUT2D eigenvalue weighted by Crippen LogP contribution is 2.11. The van der Waals surface area contributed by atoms with Gasteiger partial charge in [0.1, 0.15) is 5.75 Å². The molecule has 0 radical (unpaired) electrons. The summed E-state index contributed by atoms with van der Waals surface area (Å²) in [7, 11) is 1.64. The summed E-state index contributed by atoms with van der Waals surface area (Å²) in [6, 6.07) is 9.57. The van der Waals surface area contributed by atoms with Gasteiger partial charge in [-0.15, -0.1) is 0 Å². The fourth-order valence-corrected chi connectivity index (χ4v) is 1.93. The molecule has 5 heteroatoms. The standard InChI is InChI=1S/C16H20N2O3/c1-20-15-4-2-13(3-5-15)6-9-17-16(19)18-10-7-14-8-11-21-12-14/h2-5,8,11-12H,6-7,9-10H2,1H3,(H2,17,18,19). The van der Waals surface area contributed by atoms with Crippen LogP contribution in [0.1, 0.15) is 11.1 Å². The molecule has 0 aliphatic carbocycles. The number of furan rings is 1. The minimum atomic E-state index is -0.146. The van der Waals surface area contributed by atoms with Crippen LogP contribution in [0, 0.1) is 0 Å². The third-order valence-corrected chi connectivity index (χ3v) is 3.14. The third kappa shape index (κ3) is 5.22. The average molecular weight is 288 g/mol. The van der Waals surface area contributed by atoms with E-state index in [1.54, 1.807) is 19.6 Å². The van der Waals surface area contributed by atoms with Gasteiger partial charge in [-0.25, -0.2) is 4.79 Å². The lowest BCUT2D eigenvalue weighted by Crippen LogP contribution is -2.37. The molecule has 0 atom stereocenters. The van der Waals surface area contributed by atoms with E-state index in [4.69, 9.17) is 9.15 Å². The van der Waals surface area contributed by atoms with Crippen LogP contribution in [0.3, 0.4) is 0 Å². The summed E-state index contributed by atoms with van der Waals surface area (Å²) in [5.41, 5.74) is 2.24. The first kappa shape index (κ1) is 15.0. The van der Waals surface area contributed by atoms with Crippen molar-refractivity contribution in [3.8, 4) is 5.75 Å². The molecule has 0 unspecified atom stereocenters. The van der Waals surface area contributed by atoms with Gasteiger partial charge < -0.3 is 19.8 Å². The van der Waals surface area contributed by atoms with E-state index in [0.29, 0.717) is 13.1 Å². The number of carbonyl (C=O) groups is 1. The molecule has 2 amide bonds. The maximum absolute atomic E-state index is 11.6. The minimum Gasteiger partial charge on any atom is -0.497 e. The van der Waals surface area contributed by atoms with Crippen LogP contribution in [0.25, 0.3) is 0 Å². The van der Waals surface area contributed by atoms with Crippen LogP contribution in [-0.4, -0.2) is 26.2 Å². The predicted molar refractivity (Wildman–Crippen MR) is 80.5 cm³/mol. The maximum Gasteiger partial charge on any atom is 0.314 e. The molecule has 112 valence electrons. The van der Waals surface area contributed by atoms with Crippen molar-refractivity contribution in [3.05, 3.63) is 54.0 Å². The van der Waals surface area contributed by atoms with E-state index < -0.39 is 0 Å². The van der Waals surface area contributed by atoms with Gasteiger partial charge in [0, 0.05) is 13.1 Å². The molecular formula is C16H20N2O3. The monoisotopic (exact) mass is 288 g/mol. The Kier molecular flexibility index (Phi) is 5.70. The van der Waals surface area contributed by atoms with Crippen molar-refractivity contribution in [1.29, 1.82) is 0 Å². The van der Waals surface area contributed by atoms with E-state index in [9.17, 15) is 4.79 Å². The molecule has 1 aromatic carbocycles. The second-order valence-corrected chi connectivity index (χ2v) is 4.66. The summed E-state index contributed by atoms with van der Waals surface area (Å²) >= 11 is 0. The molecule has 2 N–H and O–H groups in total. The molecule has 2 rings (SSSR count). The lowest BCUT2D eigenvalue weighted by molar-refractivity contribution is 0.241. The zero-order valence-corrected chi connectivity index (χ0v) is 12.1. The molecular weight excluding hydrogens is 268 g/mol. The number of hydrogen-bond acceptors (Lipinski definition) is 3. The molecule has 0 fully saturated rings. The van der Waals surface area contributed by atoms with Gasteiger partial charge in [-0.3, -0.25) is 0 Å². The molecule has 21 heavy (non-hydrogen) atoms. The summed E-state index contributed by atoms with van der Waals surface area (Å²) in [5.74, 6) is 0.837. The highest BCUT2D eigenvalue weighted by atomic mass is 16.5. The Morgan fingerprint density at radius 1 is 1.05 bits per heavy atom. The summed E-state index contributed by atoms with van der Waals surface area (Å²) < 4.78 is 10.1. The third-order valence-electron chi connectivity index (χ3n) is 3.14. The van der Waals surface area contributed by atoms with E-state index in [1.807, 2.05) is 30.3 Å². The number of rotatable bonds is 7. The molecule has 0 saturated heterocycles. The number of hydrogen-bond donors (Lipinski definition) is 2. The van der Waals surface area contributed by atoms with Crippen molar-refractivity contribution >= 4 is 6.03 Å². The average Bonchev–Trinajstić information content (AvgIpc) is 3.01. The summed E-state index contributed by atoms with van der Waals surface area (Å²) in [4.78, 5) is 11.6. The van der Waals surface area contributed by atoms with E-state index >= 15 is 0 Å². The molecule has 0 spiro atoms. The van der Waals surface area contributed by atoms with Crippen molar-refractivity contribution in [1.82, 2.24) is 10.6 Å². The van der Waals surface area contributed by atoms with E-state index in [-0.39, 0.29) is 6.03 Å². The van der Waals surface area contributed by atoms with E-state index in [1.165, 1.54) is 0 Å². The van der Waals surface area contributed by atoms with Crippen LogP contribution in [0.15, 0.2) is 47.3 Å². The van der Waals surface area contributed by atoms with Crippen LogP contribution in [0.5, 0.6) is 5.75 Å². The summed E-state index contributed by atoms with van der Waals surface area (Å²) in [5, 5.41) is 5.65. The van der Waals surface area contributed by atoms with Crippen molar-refractivity contribution in [2.75, 3.05) is 20.2 Å². The SMILES string of the molecule is COc1ccc(CCNC(=O)NCCc2ccoc2)cc1. The highest BCUT2D eigenvalue weighted by molar-refractivity contribution is 5.73. The number of methoxy groups -OCH3 is 1. The predicted octanol–water partition coefficient (Wildman–Crippen LogP) is 2.37. The van der Waals surface area contributed by atoms with Crippen LogP contribution >= 0.6 is 0 Å². The molecule has 1 aromatic heterocycles. The number of benzene rings is 1. The molecule has 2 aromatic rings. The van der Waals surface area contributed by atoms with Crippen molar-refractivity contribution < 1.29 is 13.9 Å². The van der Waals surface area contributed by atoms with E-state index in [0.717, 1.165) is 29.7 Å². The Bertz CT molecular complexity index is 535. The fourth-order valence-electron chi connectivity index (χ4n) is 1.93. The first-order valence-corrected chi connectivity index (χ1v) is 6.93. The number of ether oxygens (including phenoxy) is 1. The Balaban J connectivity index is 1.60. The molecule has 0 saturated carbocycles. The van der Waals surface area contributed by atoms with Gasteiger partial charge >= 0.3 is 6.03 Å². The lowest BCUT2D eigenvalue weighted by Gasteiger charge is -2.07. The summed E-state index contributed by atoms with van der Waals surface area (Å²) in [6.45, 7) is 1.19. The van der Waals surface area contributed by atoms with Crippen LogP contribution in [0.2, 0.25) is 0 Å². The number of nitrogens with one attached hydrogen (secondary N) is 2. The summed E-state index contributed by atoms with van der Waals surface area (Å²) in [6.07, 6.45) is 4.87. The Hall–Kier alpha value is -2.43. The Labute approximate surface area is 124 Å². The lowest BCUT2D eigenvalue weighted by atomic mass is 10.1. The van der Waals surface area contributed by atoms with Gasteiger partial charge in [-0.05, 0) is 42.2 Å². The molecule has 0 aliphatic heterocycles. The first-order valence-electron chi connectivity index (χ1n) is 6.93. The largest absolute Gasteiger partial charge is 0.497 e. The Morgan fingerprint density at radius 3 is 2.29 bits per heavy atom. The normalized spacial score (nSPS) is 10.1. The number of carbonyl (C=O) groups excluding carboxylic acids is 1.